The van der Waals surface area contributed by atoms with Crippen LogP contribution >= 0.6 is 23.2 Å². The highest BCUT2D eigenvalue weighted by atomic mass is 35.5. The van der Waals surface area contributed by atoms with Crippen molar-refractivity contribution >= 4 is 41.3 Å². The van der Waals surface area contributed by atoms with Crippen molar-refractivity contribution in [2.45, 2.75) is 19.8 Å². The minimum absolute atomic E-state index is 0.115. The first-order chi connectivity index (χ1) is 10.9. The van der Waals surface area contributed by atoms with E-state index in [0.717, 1.165) is 0 Å². The standard InChI is InChI=1S/C16H14Cl2N2O3/c1-9-10(6-8-15(21)22)16(23)20-14(19-9)7-5-11-12(17)3-2-4-13(11)18/h2-5,7H,6,8H2,1H3,(H,21,22)(H,19,20,23). The van der Waals surface area contributed by atoms with E-state index in [1.165, 1.54) is 0 Å². The zero-order chi connectivity index (χ0) is 17.0. The quantitative estimate of drug-likeness (QED) is 0.861. The molecule has 0 atom stereocenters. The third kappa shape index (κ3) is 4.43. The van der Waals surface area contributed by atoms with Crippen LogP contribution in [0.1, 0.15) is 29.1 Å². The Hall–Kier alpha value is -2.11. The summed E-state index contributed by atoms with van der Waals surface area (Å²) < 4.78 is 0. The van der Waals surface area contributed by atoms with E-state index in [1.807, 2.05) is 0 Å². The van der Waals surface area contributed by atoms with Gasteiger partial charge >= 0.3 is 5.97 Å². The SMILES string of the molecule is Cc1nc(C=Cc2c(Cl)cccc2Cl)[nH]c(=O)c1CCC(=O)O. The Morgan fingerprint density at radius 3 is 2.52 bits per heavy atom. The van der Waals surface area contributed by atoms with E-state index in [9.17, 15) is 9.59 Å². The fraction of sp³-hybridized carbons (Fsp3) is 0.188. The molecule has 120 valence electrons. The van der Waals surface area contributed by atoms with Crippen LogP contribution in [0.2, 0.25) is 10.0 Å². The maximum absolute atomic E-state index is 12.0. The lowest BCUT2D eigenvalue weighted by Crippen LogP contribution is -2.18. The molecule has 7 heteroatoms. The number of aryl methyl sites for hydroxylation is 1. The van der Waals surface area contributed by atoms with E-state index < -0.39 is 5.97 Å². The Morgan fingerprint density at radius 1 is 1.30 bits per heavy atom. The second kappa shape index (κ2) is 7.44. The lowest BCUT2D eigenvalue weighted by atomic mass is 10.1. The van der Waals surface area contributed by atoms with Crippen LogP contribution in [0.4, 0.5) is 0 Å². The molecule has 1 heterocycles. The molecular weight excluding hydrogens is 339 g/mol. The van der Waals surface area contributed by atoms with E-state index in [-0.39, 0.29) is 18.4 Å². The van der Waals surface area contributed by atoms with E-state index >= 15 is 0 Å². The first-order valence-electron chi connectivity index (χ1n) is 6.82. The Morgan fingerprint density at radius 2 is 1.96 bits per heavy atom. The molecule has 0 aliphatic carbocycles. The molecule has 1 aromatic heterocycles. The molecular formula is C16H14Cl2N2O3. The number of carboxylic acid groups (broad SMARTS) is 1. The normalized spacial score (nSPS) is 11.1. The van der Waals surface area contributed by atoms with Crippen molar-refractivity contribution in [3.05, 3.63) is 61.2 Å². The van der Waals surface area contributed by atoms with Gasteiger partial charge in [-0.15, -0.1) is 0 Å². The molecule has 0 unspecified atom stereocenters. The first-order valence-corrected chi connectivity index (χ1v) is 7.57. The highest BCUT2D eigenvalue weighted by molar-refractivity contribution is 6.37. The topological polar surface area (TPSA) is 83.0 Å². The van der Waals surface area contributed by atoms with Gasteiger partial charge in [0, 0.05) is 33.3 Å². The van der Waals surface area contributed by atoms with Gasteiger partial charge in [-0.25, -0.2) is 4.98 Å². The van der Waals surface area contributed by atoms with Crippen LogP contribution in [-0.2, 0) is 11.2 Å². The summed E-state index contributed by atoms with van der Waals surface area (Å²) in [4.78, 5) is 29.5. The number of aromatic amines is 1. The summed E-state index contributed by atoms with van der Waals surface area (Å²) in [5, 5.41) is 9.69. The van der Waals surface area contributed by atoms with Crippen molar-refractivity contribution in [3.8, 4) is 0 Å². The monoisotopic (exact) mass is 352 g/mol. The minimum Gasteiger partial charge on any atom is -0.481 e. The van der Waals surface area contributed by atoms with Gasteiger partial charge in [-0.1, -0.05) is 29.3 Å². The number of H-pyrrole nitrogens is 1. The molecule has 0 radical (unpaired) electrons. The van der Waals surface area contributed by atoms with Gasteiger partial charge in [0.2, 0.25) is 0 Å². The van der Waals surface area contributed by atoms with Gasteiger partial charge < -0.3 is 10.1 Å². The van der Waals surface area contributed by atoms with Crippen LogP contribution in [-0.4, -0.2) is 21.0 Å². The number of aromatic nitrogens is 2. The number of carbonyl (C=O) groups is 1. The van der Waals surface area contributed by atoms with Crippen molar-refractivity contribution in [3.63, 3.8) is 0 Å². The van der Waals surface area contributed by atoms with Gasteiger partial charge in [0.1, 0.15) is 5.82 Å². The molecule has 0 fully saturated rings. The number of benzene rings is 1. The van der Waals surface area contributed by atoms with Crippen LogP contribution in [0.15, 0.2) is 23.0 Å². The number of hydrogen-bond acceptors (Lipinski definition) is 3. The van der Waals surface area contributed by atoms with Gasteiger partial charge in [-0.05, 0) is 37.6 Å². The smallest absolute Gasteiger partial charge is 0.303 e. The van der Waals surface area contributed by atoms with Gasteiger partial charge in [0.25, 0.3) is 5.56 Å². The lowest BCUT2D eigenvalue weighted by Gasteiger charge is -2.04. The summed E-state index contributed by atoms with van der Waals surface area (Å²) in [5.74, 6) is -0.608. The highest BCUT2D eigenvalue weighted by Gasteiger charge is 2.09. The molecule has 0 spiro atoms. The molecule has 2 rings (SSSR count). The molecule has 5 nitrogen and oxygen atoms in total. The highest BCUT2D eigenvalue weighted by Crippen LogP contribution is 2.25. The number of carboxylic acids is 1. The lowest BCUT2D eigenvalue weighted by molar-refractivity contribution is -0.136. The second-order valence-electron chi connectivity index (χ2n) is 4.88. The molecule has 0 bridgehead atoms. The van der Waals surface area contributed by atoms with E-state index in [4.69, 9.17) is 28.3 Å². The molecule has 2 N–H and O–H groups in total. The zero-order valence-corrected chi connectivity index (χ0v) is 13.8. The molecule has 1 aromatic carbocycles. The molecule has 0 aliphatic heterocycles. The molecule has 0 amide bonds. The van der Waals surface area contributed by atoms with Crippen LogP contribution < -0.4 is 5.56 Å². The molecule has 0 saturated carbocycles. The van der Waals surface area contributed by atoms with Gasteiger partial charge in [-0.2, -0.15) is 0 Å². The van der Waals surface area contributed by atoms with Gasteiger partial charge in [0.05, 0.1) is 0 Å². The number of nitrogens with one attached hydrogen (secondary N) is 1. The summed E-state index contributed by atoms with van der Waals surface area (Å²) in [6.07, 6.45) is 3.29. The Balaban J connectivity index is 2.30. The number of aliphatic carboxylic acids is 1. The van der Waals surface area contributed by atoms with Crippen LogP contribution in [0.25, 0.3) is 12.2 Å². The number of rotatable bonds is 5. The van der Waals surface area contributed by atoms with Crippen molar-refractivity contribution < 1.29 is 9.90 Å². The zero-order valence-electron chi connectivity index (χ0n) is 12.3. The molecule has 2 aromatic rings. The van der Waals surface area contributed by atoms with Crippen LogP contribution in [0, 0.1) is 6.92 Å². The van der Waals surface area contributed by atoms with E-state index in [0.29, 0.717) is 32.7 Å². The third-order valence-electron chi connectivity index (χ3n) is 3.24. The van der Waals surface area contributed by atoms with E-state index in [1.54, 1.807) is 37.3 Å². The summed E-state index contributed by atoms with van der Waals surface area (Å²) >= 11 is 12.1. The predicted octanol–water partition coefficient (Wildman–Crippen LogP) is 3.57. The largest absolute Gasteiger partial charge is 0.481 e. The molecule has 23 heavy (non-hydrogen) atoms. The Labute approximate surface area is 142 Å². The maximum Gasteiger partial charge on any atom is 0.303 e. The van der Waals surface area contributed by atoms with Crippen LogP contribution in [0.5, 0.6) is 0 Å². The average Bonchev–Trinajstić information content (AvgIpc) is 2.45. The Bertz CT molecular complexity index is 808. The Kier molecular flexibility index (Phi) is 5.58. The number of halogens is 2. The summed E-state index contributed by atoms with van der Waals surface area (Å²) in [5.41, 5.74) is 1.16. The van der Waals surface area contributed by atoms with Gasteiger partial charge in [0.15, 0.2) is 0 Å². The fourth-order valence-electron chi connectivity index (χ4n) is 2.07. The first kappa shape index (κ1) is 17.2. The number of hydrogen-bond donors (Lipinski definition) is 2. The van der Waals surface area contributed by atoms with Crippen LogP contribution in [0.3, 0.4) is 0 Å². The van der Waals surface area contributed by atoms with Crippen molar-refractivity contribution in [1.29, 1.82) is 0 Å². The maximum atomic E-state index is 12.0. The second-order valence-corrected chi connectivity index (χ2v) is 5.69. The fourth-order valence-corrected chi connectivity index (χ4v) is 2.59. The molecule has 0 saturated heterocycles. The van der Waals surface area contributed by atoms with Crippen molar-refractivity contribution in [1.82, 2.24) is 9.97 Å². The van der Waals surface area contributed by atoms with E-state index in [2.05, 4.69) is 9.97 Å². The predicted molar refractivity (Wildman–Crippen MR) is 90.9 cm³/mol. The number of nitrogens with zero attached hydrogens (tertiary/aromatic N) is 1. The molecule has 0 aliphatic rings. The summed E-state index contributed by atoms with van der Waals surface area (Å²) in [6, 6.07) is 5.16. The third-order valence-corrected chi connectivity index (χ3v) is 3.90. The minimum atomic E-state index is -0.957. The summed E-state index contributed by atoms with van der Waals surface area (Å²) in [6.45, 7) is 1.67. The van der Waals surface area contributed by atoms with Crippen molar-refractivity contribution in [2.24, 2.45) is 0 Å². The van der Waals surface area contributed by atoms with Gasteiger partial charge in [-0.3, -0.25) is 9.59 Å². The van der Waals surface area contributed by atoms with Crippen molar-refractivity contribution in [2.75, 3.05) is 0 Å². The average molecular weight is 353 g/mol. The summed E-state index contributed by atoms with van der Waals surface area (Å²) in [7, 11) is 0.